The van der Waals surface area contributed by atoms with Crippen LogP contribution in [0, 0.1) is 11.3 Å². The van der Waals surface area contributed by atoms with E-state index < -0.39 is 17.7 Å². The molecule has 158 valence electrons. The summed E-state index contributed by atoms with van der Waals surface area (Å²) in [5, 5.41) is 17.6. The van der Waals surface area contributed by atoms with Gasteiger partial charge in [0, 0.05) is 25.7 Å². The van der Waals surface area contributed by atoms with Gasteiger partial charge in [0.05, 0.1) is 5.56 Å². The Bertz CT molecular complexity index is 888. The van der Waals surface area contributed by atoms with E-state index in [4.69, 9.17) is 10.00 Å². The van der Waals surface area contributed by atoms with Crippen molar-refractivity contribution in [2.24, 2.45) is 0 Å². The van der Waals surface area contributed by atoms with Gasteiger partial charge in [0.25, 0.3) is 0 Å². The Morgan fingerprint density at radius 1 is 1.13 bits per heavy atom. The molecule has 2 rings (SSSR count). The Labute approximate surface area is 176 Å². The summed E-state index contributed by atoms with van der Waals surface area (Å²) in [5.74, 6) is 0.134. The fraction of sp³-hybridized carbons (Fsp3) is 0.364. The zero-order valence-electron chi connectivity index (χ0n) is 17.4. The molecule has 1 aromatic heterocycles. The van der Waals surface area contributed by atoms with Crippen LogP contribution in [0.4, 0.5) is 10.6 Å². The highest BCUT2D eigenvalue weighted by molar-refractivity contribution is 5.86. The second-order valence-electron chi connectivity index (χ2n) is 7.62. The number of hydrogen-bond acceptors (Lipinski definition) is 6. The zero-order chi connectivity index (χ0) is 22.0. The minimum Gasteiger partial charge on any atom is -0.444 e. The van der Waals surface area contributed by atoms with Crippen LogP contribution in [-0.2, 0) is 16.0 Å². The minimum atomic E-state index is -0.785. The van der Waals surface area contributed by atoms with Crippen molar-refractivity contribution < 1.29 is 14.3 Å². The lowest BCUT2D eigenvalue weighted by molar-refractivity contribution is -0.123. The van der Waals surface area contributed by atoms with Crippen molar-refractivity contribution in [1.29, 1.82) is 5.26 Å². The van der Waals surface area contributed by atoms with Crippen LogP contribution in [0.5, 0.6) is 0 Å². The van der Waals surface area contributed by atoms with Crippen molar-refractivity contribution in [3.8, 4) is 6.07 Å². The first-order chi connectivity index (χ1) is 14.3. The highest BCUT2D eigenvalue weighted by atomic mass is 16.6. The third-order valence-electron chi connectivity index (χ3n) is 3.93. The van der Waals surface area contributed by atoms with Gasteiger partial charge in [0.2, 0.25) is 5.91 Å². The summed E-state index contributed by atoms with van der Waals surface area (Å²) < 4.78 is 5.28. The number of amides is 2. The van der Waals surface area contributed by atoms with Crippen molar-refractivity contribution >= 4 is 17.8 Å². The van der Waals surface area contributed by atoms with Crippen LogP contribution in [0.15, 0.2) is 48.7 Å². The number of alkyl carbamates (subject to hydrolysis) is 1. The summed E-state index contributed by atoms with van der Waals surface area (Å²) in [6, 6.07) is 14.0. The number of anilines is 1. The highest BCUT2D eigenvalue weighted by Gasteiger charge is 2.24. The van der Waals surface area contributed by atoms with Gasteiger partial charge >= 0.3 is 6.09 Å². The van der Waals surface area contributed by atoms with Crippen LogP contribution in [0.2, 0.25) is 0 Å². The van der Waals surface area contributed by atoms with Gasteiger partial charge in [-0.2, -0.15) is 5.26 Å². The first-order valence-corrected chi connectivity index (χ1v) is 9.68. The molecule has 30 heavy (non-hydrogen) atoms. The molecule has 1 aromatic carbocycles. The molecule has 1 heterocycles. The minimum absolute atomic E-state index is 0.293. The Hall–Kier alpha value is -3.60. The molecule has 2 aromatic rings. The molecule has 3 N–H and O–H groups in total. The van der Waals surface area contributed by atoms with Crippen LogP contribution in [0.3, 0.4) is 0 Å². The first kappa shape index (κ1) is 22.7. The largest absolute Gasteiger partial charge is 0.444 e. The second-order valence-corrected chi connectivity index (χ2v) is 7.62. The van der Waals surface area contributed by atoms with Gasteiger partial charge in [-0.15, -0.1) is 0 Å². The maximum Gasteiger partial charge on any atom is 0.408 e. The predicted octanol–water partition coefficient (Wildman–Crippen LogP) is 2.62. The lowest BCUT2D eigenvalue weighted by Gasteiger charge is -2.23. The quantitative estimate of drug-likeness (QED) is 0.577. The molecule has 2 amide bonds. The molecule has 0 unspecified atom stereocenters. The number of benzene rings is 1. The molecule has 0 fully saturated rings. The van der Waals surface area contributed by atoms with E-state index in [-0.39, 0.29) is 5.91 Å². The van der Waals surface area contributed by atoms with Crippen molar-refractivity contribution in [3.63, 3.8) is 0 Å². The van der Waals surface area contributed by atoms with Gasteiger partial charge in [-0.1, -0.05) is 30.3 Å². The summed E-state index contributed by atoms with van der Waals surface area (Å²) in [5.41, 5.74) is 0.680. The monoisotopic (exact) mass is 409 g/mol. The molecule has 0 saturated carbocycles. The van der Waals surface area contributed by atoms with Crippen LogP contribution in [0.1, 0.15) is 31.9 Å². The van der Waals surface area contributed by atoms with E-state index in [9.17, 15) is 9.59 Å². The number of carbonyl (C=O) groups is 2. The zero-order valence-corrected chi connectivity index (χ0v) is 17.4. The van der Waals surface area contributed by atoms with Gasteiger partial charge in [-0.3, -0.25) is 4.79 Å². The Morgan fingerprint density at radius 2 is 1.87 bits per heavy atom. The van der Waals surface area contributed by atoms with Crippen molar-refractivity contribution in [2.75, 3.05) is 18.4 Å². The molecule has 0 aliphatic carbocycles. The van der Waals surface area contributed by atoms with Crippen molar-refractivity contribution in [1.82, 2.24) is 15.6 Å². The molecule has 0 bridgehead atoms. The number of aromatic nitrogens is 1. The fourth-order valence-corrected chi connectivity index (χ4v) is 2.64. The average Bonchev–Trinajstić information content (AvgIpc) is 2.70. The Kier molecular flexibility index (Phi) is 8.18. The lowest BCUT2D eigenvalue weighted by Crippen LogP contribution is -2.50. The Morgan fingerprint density at radius 3 is 2.53 bits per heavy atom. The highest BCUT2D eigenvalue weighted by Crippen LogP contribution is 2.10. The van der Waals surface area contributed by atoms with Gasteiger partial charge in [0.1, 0.15) is 23.5 Å². The van der Waals surface area contributed by atoms with Crippen LogP contribution < -0.4 is 16.0 Å². The predicted molar refractivity (Wildman–Crippen MR) is 114 cm³/mol. The van der Waals surface area contributed by atoms with Crippen molar-refractivity contribution in [3.05, 3.63) is 59.8 Å². The van der Waals surface area contributed by atoms with E-state index in [0.29, 0.717) is 30.9 Å². The van der Waals surface area contributed by atoms with E-state index in [1.807, 2.05) is 30.3 Å². The molecule has 0 aliphatic rings. The van der Waals surface area contributed by atoms with E-state index in [2.05, 4.69) is 27.0 Å². The van der Waals surface area contributed by atoms with E-state index in [0.717, 1.165) is 5.56 Å². The van der Waals surface area contributed by atoms with Gasteiger partial charge in [-0.25, -0.2) is 9.78 Å². The maximum atomic E-state index is 12.7. The summed E-state index contributed by atoms with van der Waals surface area (Å²) in [6.07, 6.45) is 1.27. The topological polar surface area (TPSA) is 116 Å². The molecule has 0 saturated heterocycles. The fourth-order valence-electron chi connectivity index (χ4n) is 2.64. The smallest absolute Gasteiger partial charge is 0.408 e. The number of nitriles is 1. The summed E-state index contributed by atoms with van der Waals surface area (Å²) in [7, 11) is 0. The summed E-state index contributed by atoms with van der Waals surface area (Å²) in [6.45, 7) is 5.95. The average molecular weight is 409 g/mol. The number of hydrogen-bond donors (Lipinski definition) is 3. The Balaban J connectivity index is 1.94. The van der Waals surface area contributed by atoms with Gasteiger partial charge in [-0.05, 0) is 38.5 Å². The molecule has 1 atom stereocenters. The first-order valence-electron chi connectivity index (χ1n) is 9.68. The lowest BCUT2D eigenvalue weighted by atomic mass is 10.1. The van der Waals surface area contributed by atoms with Crippen LogP contribution in [0.25, 0.3) is 0 Å². The number of pyridine rings is 1. The normalized spacial score (nSPS) is 11.7. The molecular formula is C22H27N5O3. The summed E-state index contributed by atoms with van der Waals surface area (Å²) >= 11 is 0. The number of rotatable bonds is 8. The number of ether oxygens (including phenoxy) is 1. The number of carbonyl (C=O) groups excluding carboxylic acids is 2. The number of nitrogens with one attached hydrogen (secondary N) is 3. The van der Waals surface area contributed by atoms with Crippen LogP contribution >= 0.6 is 0 Å². The standard InChI is InChI=1S/C22H27N5O3/c1-22(2,3)30-21(29)27-18(14-16-8-5-4-6-9-16)20(28)26-13-12-25-19-17(15-23)10-7-11-24-19/h4-11,18H,12-14H2,1-3H3,(H,24,25)(H,26,28)(H,27,29)/t18-/m1/s1. The molecule has 0 spiro atoms. The van der Waals surface area contributed by atoms with Crippen molar-refractivity contribution in [2.45, 2.75) is 38.8 Å². The SMILES string of the molecule is CC(C)(C)OC(=O)N[C@H](Cc1ccccc1)C(=O)NCCNc1ncccc1C#N. The molecular weight excluding hydrogens is 382 g/mol. The number of nitrogens with zero attached hydrogens (tertiary/aromatic N) is 2. The third kappa shape index (κ3) is 7.80. The van der Waals surface area contributed by atoms with Gasteiger partial charge in [0.15, 0.2) is 0 Å². The molecule has 0 radical (unpaired) electrons. The second kappa shape index (κ2) is 10.8. The van der Waals surface area contributed by atoms with E-state index >= 15 is 0 Å². The van der Waals surface area contributed by atoms with E-state index in [1.165, 1.54) is 0 Å². The molecule has 8 heteroatoms. The summed E-state index contributed by atoms with van der Waals surface area (Å²) in [4.78, 5) is 29.0. The maximum absolute atomic E-state index is 12.7. The van der Waals surface area contributed by atoms with E-state index in [1.54, 1.807) is 39.1 Å². The third-order valence-corrected chi connectivity index (χ3v) is 3.93. The van der Waals surface area contributed by atoms with Gasteiger partial charge < -0.3 is 20.7 Å². The molecule has 8 nitrogen and oxygen atoms in total. The van der Waals surface area contributed by atoms with Crippen LogP contribution in [-0.4, -0.2) is 41.7 Å². The molecule has 0 aliphatic heterocycles.